The first-order valence-corrected chi connectivity index (χ1v) is 11.3. The van der Waals surface area contributed by atoms with Crippen molar-refractivity contribution in [2.24, 2.45) is 0 Å². The zero-order valence-electron chi connectivity index (χ0n) is 18.8. The number of nitrogens with one attached hydrogen (secondary N) is 1. The van der Waals surface area contributed by atoms with E-state index in [9.17, 15) is 9.59 Å². The number of fused-ring (bicyclic) bond motifs is 2. The first kappa shape index (κ1) is 21.6. The van der Waals surface area contributed by atoms with E-state index in [4.69, 9.17) is 14.1 Å². The molecule has 170 valence electrons. The van der Waals surface area contributed by atoms with E-state index in [1.165, 1.54) is 0 Å². The fourth-order valence-electron chi connectivity index (χ4n) is 4.37. The van der Waals surface area contributed by atoms with Gasteiger partial charge >= 0.3 is 5.97 Å². The number of esters is 1. The molecule has 1 aliphatic carbocycles. The number of pyridine rings is 1. The van der Waals surface area contributed by atoms with Crippen LogP contribution in [0.2, 0.25) is 0 Å². The van der Waals surface area contributed by atoms with Crippen molar-refractivity contribution in [1.29, 1.82) is 0 Å². The molecule has 0 fully saturated rings. The molecule has 2 aromatic heterocycles. The molecule has 34 heavy (non-hydrogen) atoms. The fraction of sp³-hybridized carbons (Fsp3) is 0.179. The van der Waals surface area contributed by atoms with Crippen molar-refractivity contribution in [3.8, 4) is 0 Å². The Labute approximate surface area is 197 Å². The Morgan fingerprint density at radius 3 is 2.65 bits per heavy atom. The maximum atomic E-state index is 13.2. The minimum atomic E-state index is -0.517. The summed E-state index contributed by atoms with van der Waals surface area (Å²) >= 11 is 0. The number of carbonyl (C=O) groups is 2. The Balaban J connectivity index is 1.39. The lowest BCUT2D eigenvalue weighted by atomic mass is 10.0. The largest absolute Gasteiger partial charge is 0.465 e. The van der Waals surface area contributed by atoms with Crippen LogP contribution in [0.1, 0.15) is 52.3 Å². The number of furan rings is 1. The summed E-state index contributed by atoms with van der Waals surface area (Å²) in [6, 6.07) is 20.7. The second kappa shape index (κ2) is 9.35. The van der Waals surface area contributed by atoms with E-state index in [0.717, 1.165) is 40.0 Å². The van der Waals surface area contributed by atoms with Crippen molar-refractivity contribution >= 4 is 34.4 Å². The molecule has 1 aliphatic rings. The highest BCUT2D eigenvalue weighted by molar-refractivity contribution is 6.07. The number of para-hydroxylation sites is 1. The zero-order chi connectivity index (χ0) is 23.5. The Morgan fingerprint density at radius 1 is 1.06 bits per heavy atom. The highest BCUT2D eigenvalue weighted by atomic mass is 16.5. The Hall–Kier alpha value is -4.19. The third-order valence-corrected chi connectivity index (χ3v) is 6.02. The third kappa shape index (κ3) is 4.35. The van der Waals surface area contributed by atoms with Crippen molar-refractivity contribution < 1.29 is 18.7 Å². The number of allylic oxidation sites excluding steroid dienone is 1. The van der Waals surface area contributed by atoms with Crippen molar-refractivity contribution in [1.82, 2.24) is 10.3 Å². The van der Waals surface area contributed by atoms with Crippen LogP contribution in [0.3, 0.4) is 0 Å². The number of ether oxygens (including phenoxy) is 1. The van der Waals surface area contributed by atoms with Gasteiger partial charge < -0.3 is 14.5 Å². The topological polar surface area (TPSA) is 81.4 Å². The molecule has 1 N–H and O–H groups in total. The van der Waals surface area contributed by atoms with Crippen LogP contribution in [0, 0.1) is 0 Å². The van der Waals surface area contributed by atoms with Crippen molar-refractivity contribution in [3.05, 3.63) is 101 Å². The van der Waals surface area contributed by atoms with Crippen LogP contribution in [-0.4, -0.2) is 23.5 Å². The summed E-state index contributed by atoms with van der Waals surface area (Å²) in [4.78, 5) is 30.5. The third-order valence-electron chi connectivity index (χ3n) is 6.02. The zero-order valence-corrected chi connectivity index (χ0v) is 18.8. The fourth-order valence-corrected chi connectivity index (χ4v) is 4.37. The van der Waals surface area contributed by atoms with Gasteiger partial charge in [-0.25, -0.2) is 9.78 Å². The summed E-state index contributed by atoms with van der Waals surface area (Å²) < 4.78 is 10.9. The van der Waals surface area contributed by atoms with Crippen molar-refractivity contribution in [3.63, 3.8) is 0 Å². The van der Waals surface area contributed by atoms with Gasteiger partial charge in [-0.3, -0.25) is 4.79 Å². The molecule has 1 unspecified atom stereocenters. The molecular formula is C28H24N2O4. The smallest absolute Gasteiger partial charge is 0.339 e. The molecule has 2 aromatic carbocycles. The molecule has 2 heterocycles. The molecule has 0 aliphatic heterocycles. The molecule has 0 bridgehead atoms. The van der Waals surface area contributed by atoms with E-state index in [1.54, 1.807) is 6.26 Å². The van der Waals surface area contributed by atoms with Crippen LogP contribution in [0.5, 0.6) is 0 Å². The maximum absolute atomic E-state index is 13.2. The Bertz CT molecular complexity index is 1370. The minimum Gasteiger partial charge on any atom is -0.465 e. The molecule has 0 saturated carbocycles. The number of hydrogen-bond donors (Lipinski definition) is 1. The minimum absolute atomic E-state index is 0.187. The number of carbonyl (C=O) groups excluding carboxylic acids is 2. The van der Waals surface area contributed by atoms with Crippen LogP contribution in [0.25, 0.3) is 22.6 Å². The summed E-state index contributed by atoms with van der Waals surface area (Å²) in [6.07, 6.45) is 5.00. The molecule has 4 aromatic rings. The average Bonchev–Trinajstić information content (AvgIpc) is 3.52. The van der Waals surface area contributed by atoms with Crippen molar-refractivity contribution in [2.45, 2.75) is 25.8 Å². The van der Waals surface area contributed by atoms with Crippen LogP contribution in [0.4, 0.5) is 0 Å². The average molecular weight is 453 g/mol. The normalized spacial score (nSPS) is 14.7. The first-order chi connectivity index (χ1) is 16.6. The summed E-state index contributed by atoms with van der Waals surface area (Å²) in [7, 11) is 0. The van der Waals surface area contributed by atoms with Gasteiger partial charge in [-0.15, -0.1) is 0 Å². The van der Waals surface area contributed by atoms with E-state index in [2.05, 4.69) is 5.32 Å². The van der Waals surface area contributed by atoms with Gasteiger partial charge in [0.2, 0.25) is 0 Å². The summed E-state index contributed by atoms with van der Waals surface area (Å²) in [5.41, 5.74) is 4.81. The van der Waals surface area contributed by atoms with Crippen LogP contribution < -0.4 is 5.32 Å². The summed E-state index contributed by atoms with van der Waals surface area (Å²) in [5, 5.41) is 3.60. The molecule has 1 atom stereocenters. The molecule has 6 nitrogen and oxygen atoms in total. The number of hydrogen-bond acceptors (Lipinski definition) is 5. The number of aromatic nitrogens is 1. The van der Waals surface area contributed by atoms with Gasteiger partial charge in [0.05, 0.1) is 29.1 Å². The molecule has 5 rings (SSSR count). The first-order valence-electron chi connectivity index (χ1n) is 11.3. The molecule has 0 spiro atoms. The predicted octanol–water partition coefficient (Wildman–Crippen LogP) is 5.35. The monoisotopic (exact) mass is 452 g/mol. The highest BCUT2D eigenvalue weighted by Gasteiger charge is 2.28. The van der Waals surface area contributed by atoms with Gasteiger partial charge in [-0.05, 0) is 60.7 Å². The van der Waals surface area contributed by atoms with E-state index in [1.807, 2.05) is 79.7 Å². The van der Waals surface area contributed by atoms with Crippen LogP contribution >= 0.6 is 0 Å². The van der Waals surface area contributed by atoms with E-state index in [-0.39, 0.29) is 18.6 Å². The van der Waals surface area contributed by atoms with Crippen molar-refractivity contribution in [2.75, 3.05) is 6.61 Å². The highest BCUT2D eigenvalue weighted by Crippen LogP contribution is 2.37. The van der Waals surface area contributed by atoms with Gasteiger partial charge in [0.15, 0.2) is 6.61 Å². The lowest BCUT2D eigenvalue weighted by Gasteiger charge is -2.15. The number of nitrogens with zero attached hydrogens (tertiary/aromatic N) is 1. The summed E-state index contributed by atoms with van der Waals surface area (Å²) in [5.74, 6) is -0.124. The number of rotatable bonds is 6. The second-order valence-corrected chi connectivity index (χ2v) is 8.29. The lowest BCUT2D eigenvalue weighted by Crippen LogP contribution is -2.31. The maximum Gasteiger partial charge on any atom is 0.339 e. The van der Waals surface area contributed by atoms with E-state index >= 15 is 0 Å². The molecule has 0 radical (unpaired) electrons. The number of benzene rings is 2. The van der Waals surface area contributed by atoms with Gasteiger partial charge in [-0.2, -0.15) is 0 Å². The molecule has 0 saturated heterocycles. The van der Waals surface area contributed by atoms with E-state index in [0.29, 0.717) is 17.5 Å². The predicted molar refractivity (Wildman–Crippen MR) is 130 cm³/mol. The molecule has 6 heteroatoms. The van der Waals surface area contributed by atoms with Gasteiger partial charge in [0.25, 0.3) is 5.91 Å². The number of amides is 1. The Morgan fingerprint density at radius 2 is 1.85 bits per heavy atom. The summed E-state index contributed by atoms with van der Waals surface area (Å²) in [6.45, 7) is 1.54. The van der Waals surface area contributed by atoms with Gasteiger partial charge in [0.1, 0.15) is 5.76 Å². The van der Waals surface area contributed by atoms with Gasteiger partial charge in [-0.1, -0.05) is 48.5 Å². The van der Waals surface area contributed by atoms with Gasteiger partial charge in [0, 0.05) is 5.39 Å². The second-order valence-electron chi connectivity index (χ2n) is 8.29. The van der Waals surface area contributed by atoms with Crippen LogP contribution in [0.15, 0.2) is 77.4 Å². The van der Waals surface area contributed by atoms with Crippen LogP contribution in [-0.2, 0) is 16.0 Å². The van der Waals surface area contributed by atoms with E-state index < -0.39 is 5.97 Å². The molecular weight excluding hydrogens is 428 g/mol. The lowest BCUT2D eigenvalue weighted by molar-refractivity contribution is -0.124. The SMILES string of the molecule is CC(NC(=O)COC(=O)c1c2c(nc3ccccc13)C(=Cc1ccco1)CC2)c1ccccc1. The standard InChI is InChI=1S/C28H24N2O4/c1-18(19-8-3-2-4-9-19)29-25(31)17-34-28(32)26-22-11-5-6-12-24(22)30-27-20(13-14-23(26)27)16-21-10-7-15-33-21/h2-12,15-16,18H,13-14,17H2,1H3,(H,29,31). The quantitative estimate of drug-likeness (QED) is 0.399. The Kier molecular flexibility index (Phi) is 5.95. The molecule has 1 amide bonds.